The van der Waals surface area contributed by atoms with Crippen molar-refractivity contribution < 1.29 is 29.3 Å². The van der Waals surface area contributed by atoms with Crippen LogP contribution in [0.1, 0.15) is 23.2 Å². The molecule has 4 rings (SSSR count). The molecule has 3 fully saturated rings. The number of aliphatic hydroxyl groups excluding tert-OH is 1. The number of aliphatic hydroxyl groups is 2. The predicted octanol–water partition coefficient (Wildman–Crippen LogP) is 2.24. The molecule has 0 unspecified atom stereocenters. The Balaban J connectivity index is 1.69. The van der Waals surface area contributed by atoms with Crippen LogP contribution < -0.4 is 0 Å². The van der Waals surface area contributed by atoms with Gasteiger partial charge in [-0.3, -0.25) is 0 Å². The van der Waals surface area contributed by atoms with Crippen molar-refractivity contribution in [1.82, 2.24) is 0 Å². The SMILES string of the molecule is C=C1C(=O)O[C@H]2[C@H]1[C@@H](O)CC(=C)[C@@H]1C[C@H](OC(=O)c3ccccc3)[C@](O)(CCl)[C@H]21. The third-order valence-electron chi connectivity index (χ3n) is 6.53. The minimum absolute atomic E-state index is 0.178. The van der Waals surface area contributed by atoms with E-state index in [0.29, 0.717) is 11.1 Å². The summed E-state index contributed by atoms with van der Waals surface area (Å²) in [5, 5.41) is 22.2. The first-order valence-corrected chi connectivity index (χ1v) is 10.1. The van der Waals surface area contributed by atoms with Gasteiger partial charge in [-0.05, 0) is 30.9 Å². The maximum absolute atomic E-state index is 12.6. The number of esters is 2. The van der Waals surface area contributed by atoms with Gasteiger partial charge >= 0.3 is 11.9 Å². The number of rotatable bonds is 3. The number of hydrogen-bond acceptors (Lipinski definition) is 6. The summed E-state index contributed by atoms with van der Waals surface area (Å²) in [4.78, 5) is 24.8. The highest BCUT2D eigenvalue weighted by molar-refractivity contribution is 6.18. The molecule has 6 nitrogen and oxygen atoms in total. The van der Waals surface area contributed by atoms with Crippen molar-refractivity contribution in [3.8, 4) is 0 Å². The second-order valence-electron chi connectivity index (χ2n) is 8.10. The average molecular weight is 419 g/mol. The fourth-order valence-corrected chi connectivity index (χ4v) is 5.43. The Morgan fingerprint density at radius 3 is 2.66 bits per heavy atom. The van der Waals surface area contributed by atoms with Crippen molar-refractivity contribution in [2.75, 3.05) is 5.88 Å². The molecule has 1 aromatic rings. The highest BCUT2D eigenvalue weighted by Gasteiger charge is 2.65. The quantitative estimate of drug-likeness (QED) is 0.338. The molecular formula is C22H23ClO6. The van der Waals surface area contributed by atoms with Gasteiger partial charge in [-0.1, -0.05) is 36.9 Å². The van der Waals surface area contributed by atoms with Gasteiger partial charge in [0.15, 0.2) is 0 Å². The molecular weight excluding hydrogens is 396 g/mol. The summed E-state index contributed by atoms with van der Waals surface area (Å²) >= 11 is 6.20. The smallest absolute Gasteiger partial charge is 0.338 e. The van der Waals surface area contributed by atoms with Gasteiger partial charge in [0.2, 0.25) is 0 Å². The molecule has 7 heteroatoms. The lowest BCUT2D eigenvalue weighted by Crippen LogP contribution is -2.53. The molecule has 1 aliphatic heterocycles. The predicted molar refractivity (Wildman–Crippen MR) is 105 cm³/mol. The molecule has 0 bridgehead atoms. The van der Waals surface area contributed by atoms with E-state index in [1.54, 1.807) is 30.3 Å². The van der Waals surface area contributed by atoms with Crippen molar-refractivity contribution >= 4 is 23.5 Å². The zero-order valence-corrected chi connectivity index (χ0v) is 16.5. The van der Waals surface area contributed by atoms with Gasteiger partial charge < -0.3 is 19.7 Å². The molecule has 154 valence electrons. The second kappa shape index (κ2) is 7.27. The Morgan fingerprint density at radius 1 is 1.31 bits per heavy atom. The molecule has 0 amide bonds. The molecule has 29 heavy (non-hydrogen) atoms. The van der Waals surface area contributed by atoms with E-state index in [-0.39, 0.29) is 30.2 Å². The Kier molecular flexibility index (Phi) is 5.05. The van der Waals surface area contributed by atoms with Gasteiger partial charge in [0.1, 0.15) is 17.8 Å². The van der Waals surface area contributed by atoms with E-state index in [4.69, 9.17) is 21.1 Å². The Morgan fingerprint density at radius 2 is 2.00 bits per heavy atom. The van der Waals surface area contributed by atoms with E-state index < -0.39 is 47.7 Å². The van der Waals surface area contributed by atoms with Crippen LogP contribution in [0.15, 0.2) is 54.6 Å². The third-order valence-corrected chi connectivity index (χ3v) is 6.96. The van der Waals surface area contributed by atoms with E-state index in [2.05, 4.69) is 13.2 Å². The molecule has 2 saturated carbocycles. The number of halogens is 1. The van der Waals surface area contributed by atoms with Gasteiger partial charge in [-0.2, -0.15) is 0 Å². The average Bonchev–Trinajstić information content (AvgIpc) is 3.12. The molecule has 1 aromatic carbocycles. The van der Waals surface area contributed by atoms with Crippen LogP contribution in [-0.2, 0) is 14.3 Å². The first-order chi connectivity index (χ1) is 13.8. The summed E-state index contributed by atoms with van der Waals surface area (Å²) in [5.41, 5.74) is -0.387. The summed E-state index contributed by atoms with van der Waals surface area (Å²) in [6, 6.07) is 8.49. The lowest BCUT2D eigenvalue weighted by atomic mass is 9.76. The van der Waals surface area contributed by atoms with Crippen molar-refractivity contribution in [2.45, 2.75) is 36.8 Å². The molecule has 0 aromatic heterocycles. The highest BCUT2D eigenvalue weighted by Crippen LogP contribution is 2.55. The summed E-state index contributed by atoms with van der Waals surface area (Å²) in [7, 11) is 0. The lowest BCUT2D eigenvalue weighted by molar-refractivity contribution is -0.151. The van der Waals surface area contributed by atoms with Crippen LogP contribution in [0, 0.1) is 17.8 Å². The van der Waals surface area contributed by atoms with E-state index in [9.17, 15) is 19.8 Å². The maximum atomic E-state index is 12.6. The number of fused-ring (bicyclic) bond motifs is 3. The Bertz CT molecular complexity index is 867. The minimum Gasteiger partial charge on any atom is -0.458 e. The monoisotopic (exact) mass is 418 g/mol. The number of carbonyl (C=O) groups excluding carboxylic acids is 2. The van der Waals surface area contributed by atoms with Crippen LogP contribution in [0.3, 0.4) is 0 Å². The molecule has 7 atom stereocenters. The molecule has 1 heterocycles. The molecule has 2 aliphatic carbocycles. The second-order valence-corrected chi connectivity index (χ2v) is 8.37. The molecule has 0 radical (unpaired) electrons. The number of carbonyl (C=O) groups is 2. The van der Waals surface area contributed by atoms with E-state index >= 15 is 0 Å². The zero-order valence-electron chi connectivity index (χ0n) is 15.8. The standard InChI is InChI=1S/C22H23ClO6/c1-11-8-15(24)17-12(2)20(25)29-19(17)18-14(11)9-16(22(18,27)10-23)28-21(26)13-6-4-3-5-7-13/h3-7,14-19,24,27H,1-2,8-10H2/t14-,15-,16-,17+,18-,19-,22+/m0/s1. The van der Waals surface area contributed by atoms with E-state index in [0.717, 1.165) is 0 Å². The van der Waals surface area contributed by atoms with Crippen molar-refractivity contribution in [2.24, 2.45) is 17.8 Å². The van der Waals surface area contributed by atoms with Gasteiger partial charge in [0.25, 0.3) is 0 Å². The van der Waals surface area contributed by atoms with Gasteiger partial charge in [-0.15, -0.1) is 11.6 Å². The summed E-state index contributed by atoms with van der Waals surface area (Å²) in [5.74, 6) is -3.02. The van der Waals surface area contributed by atoms with Gasteiger partial charge in [0.05, 0.1) is 23.5 Å². The van der Waals surface area contributed by atoms with E-state index in [1.807, 2.05) is 0 Å². The van der Waals surface area contributed by atoms with Crippen LogP contribution in [0.5, 0.6) is 0 Å². The fraction of sp³-hybridized carbons (Fsp3) is 0.455. The zero-order chi connectivity index (χ0) is 20.9. The summed E-state index contributed by atoms with van der Waals surface area (Å²) < 4.78 is 11.2. The topological polar surface area (TPSA) is 93.1 Å². The molecule has 1 saturated heterocycles. The third kappa shape index (κ3) is 3.10. The van der Waals surface area contributed by atoms with Crippen molar-refractivity contribution in [3.63, 3.8) is 0 Å². The largest absolute Gasteiger partial charge is 0.458 e. The minimum atomic E-state index is -1.64. The maximum Gasteiger partial charge on any atom is 0.338 e. The van der Waals surface area contributed by atoms with Crippen LogP contribution in [-0.4, -0.2) is 51.9 Å². The fourth-order valence-electron chi connectivity index (χ4n) is 5.08. The first kappa shape index (κ1) is 20.1. The van der Waals surface area contributed by atoms with Crippen LogP contribution >= 0.6 is 11.6 Å². The van der Waals surface area contributed by atoms with E-state index in [1.165, 1.54) is 0 Å². The Labute approximate surface area is 173 Å². The van der Waals surface area contributed by atoms with Crippen LogP contribution in [0.2, 0.25) is 0 Å². The Hall–Kier alpha value is -2.15. The number of benzene rings is 1. The van der Waals surface area contributed by atoms with Crippen LogP contribution in [0.4, 0.5) is 0 Å². The summed E-state index contributed by atoms with van der Waals surface area (Å²) in [6.45, 7) is 7.85. The van der Waals surface area contributed by atoms with Crippen LogP contribution in [0.25, 0.3) is 0 Å². The normalized spacial score (nSPS) is 38.8. The molecule has 0 spiro atoms. The van der Waals surface area contributed by atoms with Gasteiger partial charge in [-0.25, -0.2) is 9.59 Å². The molecule has 3 aliphatic rings. The first-order valence-electron chi connectivity index (χ1n) is 9.57. The number of hydrogen-bond donors (Lipinski definition) is 2. The van der Waals surface area contributed by atoms with Crippen molar-refractivity contribution in [1.29, 1.82) is 0 Å². The van der Waals surface area contributed by atoms with Gasteiger partial charge in [0, 0.05) is 11.5 Å². The number of ether oxygens (including phenoxy) is 2. The number of alkyl halides is 1. The van der Waals surface area contributed by atoms with Crippen molar-refractivity contribution in [3.05, 3.63) is 60.2 Å². The summed E-state index contributed by atoms with van der Waals surface area (Å²) in [6.07, 6.45) is -2.07. The molecule has 2 N–H and O–H groups in total. The lowest BCUT2D eigenvalue weighted by Gasteiger charge is -2.37. The highest BCUT2D eigenvalue weighted by atomic mass is 35.5.